The van der Waals surface area contributed by atoms with Crippen molar-refractivity contribution in [3.8, 4) is 5.69 Å². The summed E-state index contributed by atoms with van der Waals surface area (Å²) >= 11 is 0. The first kappa shape index (κ1) is 15.7. The Balaban J connectivity index is 1.69. The number of rotatable bonds is 4. The van der Waals surface area contributed by atoms with Crippen molar-refractivity contribution in [2.24, 2.45) is 5.92 Å². The Hall–Kier alpha value is -2.17. The summed E-state index contributed by atoms with van der Waals surface area (Å²) in [5, 5.41) is 3.11. The van der Waals surface area contributed by atoms with Crippen molar-refractivity contribution in [3.63, 3.8) is 0 Å². The Morgan fingerprint density at radius 1 is 1.26 bits per heavy atom. The number of hydrogen-bond donors (Lipinski definition) is 1. The van der Waals surface area contributed by atoms with Gasteiger partial charge in [-0.15, -0.1) is 0 Å². The quantitative estimate of drug-likeness (QED) is 0.935. The number of amides is 1. The zero-order chi connectivity index (χ0) is 16.2. The van der Waals surface area contributed by atoms with Gasteiger partial charge in [0.15, 0.2) is 0 Å². The van der Waals surface area contributed by atoms with Crippen LogP contribution < -0.4 is 5.32 Å². The van der Waals surface area contributed by atoms with Crippen LogP contribution in [0.2, 0.25) is 0 Å². The van der Waals surface area contributed by atoms with Crippen LogP contribution in [0.15, 0.2) is 36.8 Å². The summed E-state index contributed by atoms with van der Waals surface area (Å²) in [5.74, 6) is 0.382. The molecule has 1 aromatic heterocycles. The lowest BCUT2D eigenvalue weighted by Crippen LogP contribution is -2.38. The smallest absolute Gasteiger partial charge is 0.270 e. The van der Waals surface area contributed by atoms with E-state index in [1.165, 1.54) is 31.4 Å². The monoisotopic (exact) mass is 315 g/mol. The lowest BCUT2D eigenvalue weighted by atomic mass is 9.84. The molecule has 4 nitrogen and oxygen atoms in total. The zero-order valence-electron chi connectivity index (χ0n) is 13.3. The maximum Gasteiger partial charge on any atom is 0.270 e. The van der Waals surface area contributed by atoms with Gasteiger partial charge in [0.2, 0.25) is 0 Å². The molecule has 1 aromatic carbocycles. The lowest BCUT2D eigenvalue weighted by molar-refractivity contribution is 0.0914. The summed E-state index contributed by atoms with van der Waals surface area (Å²) in [6, 6.07) is 6.27. The van der Waals surface area contributed by atoms with E-state index in [1.54, 1.807) is 29.2 Å². The van der Waals surface area contributed by atoms with Gasteiger partial charge in [0.1, 0.15) is 11.5 Å². The van der Waals surface area contributed by atoms with Gasteiger partial charge in [-0.05, 0) is 55.9 Å². The standard InChI is InChI=1S/C18H22FN3O/c1-2-13-3-7-15(8-4-13)21-18(23)17-11-20-12-22(17)16-9-5-14(19)6-10-16/h5-6,9-13,15H,2-4,7-8H2,1H3,(H,21,23). The molecule has 0 atom stereocenters. The van der Waals surface area contributed by atoms with Crippen LogP contribution in [0.25, 0.3) is 5.69 Å². The molecule has 122 valence electrons. The summed E-state index contributed by atoms with van der Waals surface area (Å²) in [4.78, 5) is 16.6. The van der Waals surface area contributed by atoms with Gasteiger partial charge in [-0.3, -0.25) is 9.36 Å². The molecule has 0 saturated heterocycles. The fourth-order valence-electron chi connectivity index (χ4n) is 3.24. The van der Waals surface area contributed by atoms with E-state index in [4.69, 9.17) is 0 Å². The van der Waals surface area contributed by atoms with Crippen molar-refractivity contribution in [1.82, 2.24) is 14.9 Å². The second kappa shape index (κ2) is 6.94. The largest absolute Gasteiger partial charge is 0.348 e. The number of nitrogens with zero attached hydrogens (tertiary/aromatic N) is 2. The minimum absolute atomic E-state index is 0.119. The molecular weight excluding hydrogens is 293 g/mol. The molecule has 1 fully saturated rings. The van der Waals surface area contributed by atoms with E-state index in [0.717, 1.165) is 24.4 Å². The van der Waals surface area contributed by atoms with Gasteiger partial charge in [-0.1, -0.05) is 13.3 Å². The number of halogens is 1. The highest BCUT2D eigenvalue weighted by molar-refractivity contribution is 5.93. The second-order valence-electron chi connectivity index (χ2n) is 6.22. The summed E-state index contributed by atoms with van der Waals surface area (Å²) in [7, 11) is 0. The number of benzene rings is 1. The van der Waals surface area contributed by atoms with E-state index in [9.17, 15) is 9.18 Å². The molecule has 0 unspecified atom stereocenters. The molecule has 1 heterocycles. The minimum Gasteiger partial charge on any atom is -0.348 e. The van der Waals surface area contributed by atoms with Gasteiger partial charge in [-0.25, -0.2) is 9.37 Å². The number of nitrogens with one attached hydrogen (secondary N) is 1. The van der Waals surface area contributed by atoms with Gasteiger partial charge in [0, 0.05) is 11.7 Å². The number of carbonyl (C=O) groups excluding carboxylic acids is 1. The van der Waals surface area contributed by atoms with Gasteiger partial charge >= 0.3 is 0 Å². The number of hydrogen-bond acceptors (Lipinski definition) is 2. The Labute approximate surface area is 135 Å². The average Bonchev–Trinajstić information content (AvgIpc) is 3.06. The van der Waals surface area contributed by atoms with Gasteiger partial charge in [0.05, 0.1) is 12.5 Å². The summed E-state index contributed by atoms with van der Waals surface area (Å²) in [6.45, 7) is 2.23. The van der Waals surface area contributed by atoms with Crippen LogP contribution >= 0.6 is 0 Å². The molecule has 1 saturated carbocycles. The number of imidazole rings is 1. The highest BCUT2D eigenvalue weighted by atomic mass is 19.1. The summed E-state index contributed by atoms with van der Waals surface area (Å²) in [5.41, 5.74) is 1.21. The third-order valence-electron chi connectivity index (χ3n) is 4.74. The van der Waals surface area contributed by atoms with E-state index in [2.05, 4.69) is 17.2 Å². The normalized spacial score (nSPS) is 21.1. The molecule has 3 rings (SSSR count). The molecule has 0 bridgehead atoms. The Kier molecular flexibility index (Phi) is 4.74. The Bertz CT molecular complexity index is 657. The highest BCUT2D eigenvalue weighted by Crippen LogP contribution is 2.26. The fourth-order valence-corrected chi connectivity index (χ4v) is 3.24. The molecule has 0 spiro atoms. The van der Waals surface area contributed by atoms with Crippen molar-refractivity contribution in [1.29, 1.82) is 0 Å². The maximum absolute atomic E-state index is 13.1. The first-order valence-corrected chi connectivity index (χ1v) is 8.26. The van der Waals surface area contributed by atoms with Crippen LogP contribution in [0.4, 0.5) is 4.39 Å². The van der Waals surface area contributed by atoms with Crippen LogP contribution in [0.3, 0.4) is 0 Å². The van der Waals surface area contributed by atoms with Crippen LogP contribution in [-0.2, 0) is 0 Å². The third kappa shape index (κ3) is 3.60. The van der Waals surface area contributed by atoms with Gasteiger partial charge in [0.25, 0.3) is 5.91 Å². The van der Waals surface area contributed by atoms with Crippen molar-refractivity contribution in [3.05, 3.63) is 48.3 Å². The molecule has 1 aliphatic rings. The Morgan fingerprint density at radius 3 is 2.61 bits per heavy atom. The van der Waals surface area contributed by atoms with E-state index < -0.39 is 0 Å². The van der Waals surface area contributed by atoms with E-state index in [1.807, 2.05) is 0 Å². The van der Waals surface area contributed by atoms with Gasteiger partial charge < -0.3 is 5.32 Å². The first-order valence-electron chi connectivity index (χ1n) is 8.26. The van der Waals surface area contributed by atoms with E-state index >= 15 is 0 Å². The van der Waals surface area contributed by atoms with Crippen molar-refractivity contribution in [2.45, 2.75) is 45.1 Å². The second-order valence-corrected chi connectivity index (χ2v) is 6.22. The first-order chi connectivity index (χ1) is 11.2. The van der Waals surface area contributed by atoms with Crippen molar-refractivity contribution < 1.29 is 9.18 Å². The number of carbonyl (C=O) groups is 1. The summed E-state index contributed by atoms with van der Waals surface area (Å²) < 4.78 is 14.7. The minimum atomic E-state index is -0.299. The topological polar surface area (TPSA) is 46.9 Å². The molecule has 1 N–H and O–H groups in total. The number of aromatic nitrogens is 2. The lowest BCUT2D eigenvalue weighted by Gasteiger charge is -2.28. The van der Waals surface area contributed by atoms with E-state index in [0.29, 0.717) is 5.69 Å². The van der Waals surface area contributed by atoms with Crippen LogP contribution in [0.5, 0.6) is 0 Å². The molecule has 1 aliphatic carbocycles. The molecular formula is C18H22FN3O. The molecule has 0 aliphatic heterocycles. The zero-order valence-corrected chi connectivity index (χ0v) is 13.3. The average molecular weight is 315 g/mol. The SMILES string of the molecule is CCC1CCC(NC(=O)c2cncn2-c2ccc(F)cc2)CC1. The molecule has 0 radical (unpaired) electrons. The summed E-state index contributed by atoms with van der Waals surface area (Å²) in [6.07, 6.45) is 8.78. The van der Waals surface area contributed by atoms with Crippen molar-refractivity contribution >= 4 is 5.91 Å². The van der Waals surface area contributed by atoms with Gasteiger partial charge in [-0.2, -0.15) is 0 Å². The predicted molar refractivity (Wildman–Crippen MR) is 87.0 cm³/mol. The van der Waals surface area contributed by atoms with Crippen LogP contribution in [0, 0.1) is 11.7 Å². The fraction of sp³-hybridized carbons (Fsp3) is 0.444. The maximum atomic E-state index is 13.1. The van der Waals surface area contributed by atoms with Crippen LogP contribution in [0.1, 0.15) is 49.5 Å². The highest BCUT2D eigenvalue weighted by Gasteiger charge is 2.23. The molecule has 1 amide bonds. The molecule has 2 aromatic rings. The Morgan fingerprint density at radius 2 is 1.96 bits per heavy atom. The molecule has 5 heteroatoms. The molecule has 23 heavy (non-hydrogen) atoms. The van der Waals surface area contributed by atoms with Crippen LogP contribution in [-0.4, -0.2) is 21.5 Å². The van der Waals surface area contributed by atoms with E-state index in [-0.39, 0.29) is 17.8 Å². The van der Waals surface area contributed by atoms with Crippen molar-refractivity contribution in [2.75, 3.05) is 0 Å². The predicted octanol–water partition coefficient (Wildman–Crippen LogP) is 3.71. The third-order valence-corrected chi connectivity index (χ3v) is 4.74.